The molecular formula is C31H16Cl4N2. The third-order valence-corrected chi connectivity index (χ3v) is 8.24. The molecule has 7 aromatic rings. The van der Waals surface area contributed by atoms with Crippen molar-refractivity contribution in [3.8, 4) is 0 Å². The number of fused-ring (bicyclic) bond motifs is 2. The molecule has 0 radical (unpaired) electrons. The summed E-state index contributed by atoms with van der Waals surface area (Å²) in [6.45, 7) is 0. The quantitative estimate of drug-likeness (QED) is 0.145. The number of hydrogen-bond donors (Lipinski definition) is 1. The Balaban J connectivity index is 0.000000149. The van der Waals surface area contributed by atoms with Crippen LogP contribution in [-0.4, -0.2) is 6.34 Å². The Morgan fingerprint density at radius 2 is 0.865 bits per heavy atom. The summed E-state index contributed by atoms with van der Waals surface area (Å²) < 4.78 is 0. The van der Waals surface area contributed by atoms with Gasteiger partial charge in [-0.3, -0.25) is 0 Å². The van der Waals surface area contributed by atoms with E-state index in [1.165, 1.54) is 10.8 Å². The maximum atomic E-state index is 6.59. The standard InChI is InChI=1S/C20H8Cl4.C11H8N2/c21-11-5-1-9-2-6-12(22)18-15(9)17(11)19-13(23)7-3-10-4-8-14(24)20(18)16(10)19;1-3-8-4-2-6-10-11(8)9(5-1)12-7-13-10/h1-8H;1-7H,(H,12,13). The second kappa shape index (κ2) is 8.65. The topological polar surface area (TPSA) is 24.4 Å². The largest absolute Gasteiger partial charge is 0.346 e. The highest BCUT2D eigenvalue weighted by Gasteiger charge is 2.20. The lowest BCUT2D eigenvalue weighted by Crippen LogP contribution is -1.99. The van der Waals surface area contributed by atoms with Gasteiger partial charge in [-0.15, -0.1) is 0 Å². The van der Waals surface area contributed by atoms with Crippen molar-refractivity contribution in [2.75, 3.05) is 5.32 Å². The molecule has 1 heterocycles. The summed E-state index contributed by atoms with van der Waals surface area (Å²) >= 11 is 26.4. The fourth-order valence-electron chi connectivity index (χ4n) is 5.43. The molecule has 0 saturated heterocycles. The minimum Gasteiger partial charge on any atom is -0.346 e. The summed E-state index contributed by atoms with van der Waals surface area (Å²) in [6.07, 6.45) is 1.73. The average molecular weight is 558 g/mol. The molecule has 178 valence electrons. The first kappa shape index (κ1) is 22.9. The van der Waals surface area contributed by atoms with E-state index in [9.17, 15) is 0 Å². The van der Waals surface area contributed by atoms with Crippen LogP contribution in [0.25, 0.3) is 53.9 Å². The Labute approximate surface area is 232 Å². The number of halogens is 4. The van der Waals surface area contributed by atoms with Gasteiger partial charge in [0.2, 0.25) is 0 Å². The third-order valence-electron chi connectivity index (χ3n) is 6.98. The van der Waals surface area contributed by atoms with Gasteiger partial charge in [0.25, 0.3) is 0 Å². The van der Waals surface area contributed by atoms with Crippen LogP contribution < -0.4 is 5.32 Å². The van der Waals surface area contributed by atoms with Gasteiger partial charge in [-0.2, -0.15) is 0 Å². The third kappa shape index (κ3) is 3.44. The van der Waals surface area contributed by atoms with E-state index in [1.807, 2.05) is 66.7 Å². The fraction of sp³-hybridized carbons (Fsp3) is 0. The summed E-state index contributed by atoms with van der Waals surface area (Å²) in [5.41, 5.74) is 2.19. The maximum absolute atomic E-state index is 6.59. The summed E-state index contributed by atoms with van der Waals surface area (Å²) in [5, 5.41) is 16.1. The van der Waals surface area contributed by atoms with Gasteiger partial charge >= 0.3 is 0 Å². The molecule has 0 saturated carbocycles. The molecule has 1 aliphatic rings. The van der Waals surface area contributed by atoms with Gasteiger partial charge in [0.15, 0.2) is 0 Å². The highest BCUT2D eigenvalue weighted by Crippen LogP contribution is 2.49. The lowest BCUT2D eigenvalue weighted by Gasteiger charge is -2.18. The van der Waals surface area contributed by atoms with Gasteiger partial charge in [-0.05, 0) is 52.6 Å². The SMILES string of the molecule is C1=Nc2cccc3cccc(c23)N1.Clc1ccc2ccc(Cl)c3c4c(Cl)ccc5ccc(Cl)c(c1c23)c54. The van der Waals surface area contributed by atoms with Crippen molar-refractivity contribution >= 4 is 118 Å². The van der Waals surface area contributed by atoms with Gasteiger partial charge in [0.05, 0.1) is 12.0 Å². The molecule has 1 N–H and O–H groups in total. The number of anilines is 1. The highest BCUT2D eigenvalue weighted by atomic mass is 35.5. The number of benzene rings is 7. The number of aliphatic imine (C=N–C) groups is 1. The van der Waals surface area contributed by atoms with E-state index in [-0.39, 0.29) is 0 Å². The van der Waals surface area contributed by atoms with Crippen LogP contribution >= 0.6 is 46.4 Å². The molecule has 8 rings (SSSR count). The Hall–Kier alpha value is -3.27. The second-order valence-electron chi connectivity index (χ2n) is 8.97. The van der Waals surface area contributed by atoms with E-state index in [0.29, 0.717) is 20.1 Å². The van der Waals surface area contributed by atoms with Crippen LogP contribution in [0.2, 0.25) is 20.1 Å². The number of hydrogen-bond acceptors (Lipinski definition) is 2. The highest BCUT2D eigenvalue weighted by molar-refractivity contribution is 6.53. The zero-order chi connectivity index (χ0) is 25.3. The van der Waals surface area contributed by atoms with E-state index >= 15 is 0 Å². The molecule has 0 aromatic heterocycles. The predicted molar refractivity (Wildman–Crippen MR) is 163 cm³/mol. The van der Waals surface area contributed by atoms with Crippen LogP contribution in [0.5, 0.6) is 0 Å². The smallest absolute Gasteiger partial charge is 0.0930 e. The Bertz CT molecular complexity index is 1860. The van der Waals surface area contributed by atoms with E-state index in [0.717, 1.165) is 54.5 Å². The lowest BCUT2D eigenvalue weighted by molar-refractivity contribution is 1.53. The van der Waals surface area contributed by atoms with Crippen molar-refractivity contribution in [1.82, 2.24) is 0 Å². The molecule has 7 aromatic carbocycles. The molecule has 1 aliphatic heterocycles. The van der Waals surface area contributed by atoms with Crippen molar-refractivity contribution in [3.05, 3.63) is 105 Å². The molecule has 6 heteroatoms. The van der Waals surface area contributed by atoms with E-state index < -0.39 is 0 Å². The van der Waals surface area contributed by atoms with Gasteiger partial charge in [-0.25, -0.2) is 4.99 Å². The predicted octanol–water partition coefficient (Wildman–Crippen LogP) is 11.3. The molecule has 37 heavy (non-hydrogen) atoms. The molecule has 0 spiro atoms. The number of nitrogens with zero attached hydrogens (tertiary/aromatic N) is 1. The Morgan fingerprint density at radius 3 is 1.35 bits per heavy atom. The monoisotopic (exact) mass is 556 g/mol. The normalized spacial score (nSPS) is 12.4. The summed E-state index contributed by atoms with van der Waals surface area (Å²) in [7, 11) is 0. The van der Waals surface area contributed by atoms with Crippen molar-refractivity contribution in [2.24, 2.45) is 4.99 Å². The van der Waals surface area contributed by atoms with E-state index in [1.54, 1.807) is 6.34 Å². The average Bonchev–Trinajstić information content (AvgIpc) is 2.92. The maximum Gasteiger partial charge on any atom is 0.0930 e. The summed E-state index contributed by atoms with van der Waals surface area (Å²) in [6, 6.07) is 28.0. The van der Waals surface area contributed by atoms with E-state index in [2.05, 4.69) is 28.5 Å². The Kier molecular flexibility index (Phi) is 5.35. The first-order valence-electron chi connectivity index (χ1n) is 11.7. The van der Waals surface area contributed by atoms with Crippen LogP contribution in [0.4, 0.5) is 11.4 Å². The van der Waals surface area contributed by atoms with Gasteiger partial charge in [0, 0.05) is 63.5 Å². The minimum absolute atomic E-state index is 0.658. The summed E-state index contributed by atoms with van der Waals surface area (Å²) in [4.78, 5) is 4.28. The van der Waals surface area contributed by atoms with Crippen molar-refractivity contribution in [2.45, 2.75) is 0 Å². The minimum atomic E-state index is 0.658. The molecule has 0 bridgehead atoms. The molecule has 2 nitrogen and oxygen atoms in total. The van der Waals surface area contributed by atoms with Crippen LogP contribution in [-0.2, 0) is 0 Å². The zero-order valence-corrected chi connectivity index (χ0v) is 22.1. The van der Waals surface area contributed by atoms with Gasteiger partial charge in [0.1, 0.15) is 0 Å². The van der Waals surface area contributed by atoms with Crippen molar-refractivity contribution < 1.29 is 0 Å². The van der Waals surface area contributed by atoms with Crippen LogP contribution in [0.15, 0.2) is 89.9 Å². The van der Waals surface area contributed by atoms with Crippen molar-refractivity contribution in [3.63, 3.8) is 0 Å². The zero-order valence-electron chi connectivity index (χ0n) is 19.1. The first-order chi connectivity index (χ1) is 18.0. The fourth-order valence-corrected chi connectivity index (χ4v) is 6.44. The van der Waals surface area contributed by atoms with Crippen molar-refractivity contribution in [1.29, 1.82) is 0 Å². The molecule has 0 unspecified atom stereocenters. The van der Waals surface area contributed by atoms with Gasteiger partial charge < -0.3 is 5.32 Å². The summed E-state index contributed by atoms with van der Waals surface area (Å²) in [5.74, 6) is 0. The lowest BCUT2D eigenvalue weighted by atomic mass is 9.89. The molecule has 0 amide bonds. The molecule has 0 aliphatic carbocycles. The molecule has 0 fully saturated rings. The second-order valence-corrected chi connectivity index (χ2v) is 10.6. The first-order valence-corrected chi connectivity index (χ1v) is 13.2. The van der Waals surface area contributed by atoms with Crippen LogP contribution in [0.3, 0.4) is 0 Å². The number of rotatable bonds is 0. The Morgan fingerprint density at radius 1 is 0.432 bits per heavy atom. The van der Waals surface area contributed by atoms with Gasteiger partial charge in [-0.1, -0.05) is 94.9 Å². The molecular weight excluding hydrogens is 542 g/mol. The van der Waals surface area contributed by atoms with Crippen LogP contribution in [0, 0.1) is 0 Å². The number of nitrogens with one attached hydrogen (secondary N) is 1. The molecule has 0 atom stereocenters. The van der Waals surface area contributed by atoms with E-state index in [4.69, 9.17) is 46.4 Å². The van der Waals surface area contributed by atoms with Crippen LogP contribution in [0.1, 0.15) is 0 Å².